The van der Waals surface area contributed by atoms with Crippen molar-refractivity contribution >= 4 is 16.0 Å². The molecule has 0 aliphatic carbocycles. The predicted octanol–water partition coefficient (Wildman–Crippen LogP) is 12.3. The van der Waals surface area contributed by atoms with Crippen molar-refractivity contribution in [3.05, 3.63) is 48.6 Å². The zero-order valence-corrected chi connectivity index (χ0v) is 33.3. The van der Waals surface area contributed by atoms with Crippen molar-refractivity contribution in [1.29, 1.82) is 0 Å². The number of allylic oxidation sites excluding steroid dienone is 7. The van der Waals surface area contributed by atoms with Crippen LogP contribution in [0.2, 0.25) is 0 Å². The normalized spacial score (nSPS) is 13.8. The molecule has 0 saturated carbocycles. The van der Waals surface area contributed by atoms with Gasteiger partial charge in [-0.05, 0) is 57.8 Å². The lowest BCUT2D eigenvalue weighted by Crippen LogP contribution is -2.46. The minimum Gasteiger partial charge on any atom is -0.387 e. The van der Waals surface area contributed by atoms with Crippen molar-refractivity contribution in [2.45, 2.75) is 212 Å². The highest BCUT2D eigenvalue weighted by atomic mass is 32.2. The first-order valence-electron chi connectivity index (χ1n) is 20.8. The number of carbonyl (C=O) groups excluding carboxylic acids is 1. The highest BCUT2D eigenvalue weighted by molar-refractivity contribution is 7.85. The van der Waals surface area contributed by atoms with E-state index in [-0.39, 0.29) is 12.3 Å². The van der Waals surface area contributed by atoms with Crippen LogP contribution in [0, 0.1) is 0 Å². The third-order valence-corrected chi connectivity index (χ3v) is 10.0. The summed E-state index contributed by atoms with van der Waals surface area (Å²) in [5, 5.41) is 13.2. The molecule has 0 aliphatic heterocycles. The zero-order valence-electron chi connectivity index (χ0n) is 32.5. The summed E-state index contributed by atoms with van der Waals surface area (Å²) >= 11 is 0. The van der Waals surface area contributed by atoms with Gasteiger partial charge in [-0.3, -0.25) is 9.35 Å². The quantitative estimate of drug-likeness (QED) is 0.0336. The lowest BCUT2D eigenvalue weighted by atomic mass is 10.0. The molecule has 0 rings (SSSR count). The lowest BCUT2D eigenvalue weighted by molar-refractivity contribution is -0.122. The number of hydrogen-bond acceptors (Lipinski definition) is 4. The summed E-state index contributed by atoms with van der Waals surface area (Å²) in [6, 6.07) is -1.08. The fourth-order valence-corrected chi connectivity index (χ4v) is 6.80. The second-order valence-corrected chi connectivity index (χ2v) is 15.8. The van der Waals surface area contributed by atoms with Crippen molar-refractivity contribution in [2.24, 2.45) is 0 Å². The first-order chi connectivity index (χ1) is 24.3. The summed E-state index contributed by atoms with van der Waals surface area (Å²) in [4.78, 5) is 12.5. The first kappa shape index (κ1) is 48.3. The molecule has 7 heteroatoms. The van der Waals surface area contributed by atoms with Gasteiger partial charge in [-0.1, -0.05) is 184 Å². The van der Waals surface area contributed by atoms with Crippen LogP contribution >= 0.6 is 0 Å². The Hall–Kier alpha value is -1.70. The van der Waals surface area contributed by atoms with Crippen LogP contribution < -0.4 is 5.32 Å². The number of rotatable bonds is 37. The topological polar surface area (TPSA) is 104 Å². The Morgan fingerprint density at radius 3 is 1.44 bits per heavy atom. The molecule has 50 heavy (non-hydrogen) atoms. The van der Waals surface area contributed by atoms with Crippen LogP contribution in [0.5, 0.6) is 0 Å². The molecule has 0 heterocycles. The molecular weight excluding hydrogens is 643 g/mol. The number of aliphatic hydroxyl groups excluding tert-OH is 1. The van der Waals surface area contributed by atoms with E-state index in [4.69, 9.17) is 0 Å². The monoisotopic (exact) mass is 722 g/mol. The summed E-state index contributed by atoms with van der Waals surface area (Å²) in [5.74, 6) is -1.02. The number of aliphatic hydroxyl groups is 1. The van der Waals surface area contributed by atoms with E-state index in [1.54, 1.807) is 0 Å². The van der Waals surface area contributed by atoms with E-state index in [0.29, 0.717) is 12.8 Å². The average molecular weight is 722 g/mol. The Bertz CT molecular complexity index is 972. The molecule has 0 bridgehead atoms. The minimum absolute atomic E-state index is 0.271. The summed E-state index contributed by atoms with van der Waals surface area (Å²) in [6.07, 6.45) is 49.6. The Kier molecular flexibility index (Phi) is 35.8. The summed E-state index contributed by atoms with van der Waals surface area (Å²) in [5.41, 5.74) is 0. The van der Waals surface area contributed by atoms with Gasteiger partial charge in [0.2, 0.25) is 5.91 Å². The largest absolute Gasteiger partial charge is 0.387 e. The van der Waals surface area contributed by atoms with Gasteiger partial charge in [0, 0.05) is 6.42 Å². The Morgan fingerprint density at radius 1 is 0.540 bits per heavy atom. The molecular formula is C43H79NO5S. The highest BCUT2D eigenvalue weighted by Gasteiger charge is 2.24. The van der Waals surface area contributed by atoms with Crippen molar-refractivity contribution in [1.82, 2.24) is 5.32 Å². The molecule has 0 aromatic rings. The second kappa shape index (κ2) is 37.1. The standard InChI is InChI=1S/C43H79NO5S/c1-3-5-7-9-11-13-15-17-19-20-21-22-23-24-25-26-28-30-32-34-36-38-42(45)41(40-50(47,48)49)44-43(46)39-37-35-33-31-29-27-18-16-14-12-10-8-6-4-2/h10,12,16,18,28,30,36,38,41-42,45H,3-9,11,13-15,17,19-27,29,31-35,37,39-40H2,1-2H3,(H,44,46)(H,47,48,49)/b12-10-,18-16-,30-28+,38-36+. The van der Waals surface area contributed by atoms with Crippen molar-refractivity contribution < 1.29 is 22.9 Å². The van der Waals surface area contributed by atoms with E-state index in [0.717, 1.165) is 51.4 Å². The van der Waals surface area contributed by atoms with E-state index in [1.807, 2.05) is 6.08 Å². The van der Waals surface area contributed by atoms with E-state index >= 15 is 0 Å². The molecule has 292 valence electrons. The molecule has 0 fully saturated rings. The molecule has 2 atom stereocenters. The average Bonchev–Trinajstić information content (AvgIpc) is 3.08. The molecule has 0 aromatic carbocycles. The van der Waals surface area contributed by atoms with Crippen LogP contribution in [0.1, 0.15) is 200 Å². The number of hydrogen-bond donors (Lipinski definition) is 3. The summed E-state index contributed by atoms with van der Waals surface area (Å²) < 4.78 is 32.5. The number of carbonyl (C=O) groups is 1. The van der Waals surface area contributed by atoms with Gasteiger partial charge in [-0.15, -0.1) is 0 Å². The van der Waals surface area contributed by atoms with Crippen LogP contribution in [-0.4, -0.2) is 41.9 Å². The van der Waals surface area contributed by atoms with Crippen molar-refractivity contribution in [2.75, 3.05) is 5.75 Å². The second-order valence-electron chi connectivity index (χ2n) is 14.3. The molecule has 0 saturated heterocycles. The summed E-state index contributed by atoms with van der Waals surface area (Å²) in [6.45, 7) is 4.48. The van der Waals surface area contributed by atoms with Crippen molar-refractivity contribution in [3.8, 4) is 0 Å². The molecule has 6 nitrogen and oxygen atoms in total. The maximum Gasteiger partial charge on any atom is 0.267 e. The van der Waals surface area contributed by atoms with Crippen LogP contribution in [0.15, 0.2) is 48.6 Å². The highest BCUT2D eigenvalue weighted by Crippen LogP contribution is 2.14. The number of nitrogens with one attached hydrogen (secondary N) is 1. The summed E-state index contributed by atoms with van der Waals surface area (Å²) in [7, 11) is -4.36. The molecule has 0 aliphatic rings. The third-order valence-electron chi connectivity index (χ3n) is 9.23. The third kappa shape index (κ3) is 37.6. The van der Waals surface area contributed by atoms with Gasteiger partial charge in [0.05, 0.1) is 17.9 Å². The molecule has 0 radical (unpaired) electrons. The van der Waals surface area contributed by atoms with Crippen LogP contribution in [0.3, 0.4) is 0 Å². The smallest absolute Gasteiger partial charge is 0.267 e. The van der Waals surface area contributed by atoms with Crippen LogP contribution in [-0.2, 0) is 14.9 Å². The van der Waals surface area contributed by atoms with Gasteiger partial charge in [0.15, 0.2) is 0 Å². The maximum absolute atomic E-state index is 12.5. The van der Waals surface area contributed by atoms with Gasteiger partial charge >= 0.3 is 0 Å². The van der Waals surface area contributed by atoms with E-state index in [1.165, 1.54) is 122 Å². The molecule has 3 N–H and O–H groups in total. The van der Waals surface area contributed by atoms with Crippen molar-refractivity contribution in [3.63, 3.8) is 0 Å². The van der Waals surface area contributed by atoms with E-state index in [9.17, 15) is 22.9 Å². The van der Waals surface area contributed by atoms with Crippen LogP contribution in [0.4, 0.5) is 0 Å². The van der Waals surface area contributed by atoms with E-state index < -0.39 is 28.0 Å². The van der Waals surface area contributed by atoms with Gasteiger partial charge in [-0.25, -0.2) is 0 Å². The predicted molar refractivity (Wildman–Crippen MR) is 216 cm³/mol. The lowest BCUT2D eigenvalue weighted by Gasteiger charge is -2.21. The van der Waals surface area contributed by atoms with Crippen LogP contribution in [0.25, 0.3) is 0 Å². The molecule has 2 unspecified atom stereocenters. The minimum atomic E-state index is -4.36. The number of amides is 1. The molecule has 1 amide bonds. The zero-order chi connectivity index (χ0) is 36.8. The SMILES string of the molecule is CCCC/C=C\C/C=C\CCCCCCCC(=O)NC(CS(=O)(=O)O)C(O)/C=C/CC/C=C/CCCCCCCCCCCCCCCCC. The van der Waals surface area contributed by atoms with E-state index in [2.05, 4.69) is 55.6 Å². The fraction of sp³-hybridized carbons (Fsp3) is 0.791. The Balaban J connectivity index is 3.96. The van der Waals surface area contributed by atoms with Gasteiger partial charge in [0.25, 0.3) is 10.1 Å². The Morgan fingerprint density at radius 2 is 0.940 bits per heavy atom. The first-order valence-corrected chi connectivity index (χ1v) is 22.4. The van der Waals surface area contributed by atoms with Gasteiger partial charge < -0.3 is 10.4 Å². The van der Waals surface area contributed by atoms with Gasteiger partial charge in [0.1, 0.15) is 0 Å². The fourth-order valence-electron chi connectivity index (χ4n) is 6.07. The Labute approximate surface area is 309 Å². The molecule has 0 spiro atoms. The maximum atomic E-state index is 12.5. The number of unbranched alkanes of at least 4 members (excludes halogenated alkanes) is 23. The van der Waals surface area contributed by atoms with Gasteiger partial charge in [-0.2, -0.15) is 8.42 Å². The molecule has 0 aromatic heterocycles.